The maximum atomic E-state index is 12.7. The van der Waals surface area contributed by atoms with E-state index in [1.807, 2.05) is 24.3 Å². The normalized spacial score (nSPS) is 15.8. The molecule has 9 nitrogen and oxygen atoms in total. The van der Waals surface area contributed by atoms with Gasteiger partial charge < -0.3 is 10.1 Å². The van der Waals surface area contributed by atoms with Gasteiger partial charge in [-0.15, -0.1) is 0 Å². The first-order valence-corrected chi connectivity index (χ1v) is 10.5. The highest BCUT2D eigenvalue weighted by atomic mass is 35.5. The van der Waals surface area contributed by atoms with Gasteiger partial charge in [0.2, 0.25) is 11.8 Å². The lowest BCUT2D eigenvalue weighted by atomic mass is 9.98. The molecular weight excluding hydrogens is 446 g/mol. The van der Waals surface area contributed by atoms with E-state index in [9.17, 15) is 19.5 Å². The van der Waals surface area contributed by atoms with Crippen molar-refractivity contribution in [1.82, 2.24) is 19.5 Å². The summed E-state index contributed by atoms with van der Waals surface area (Å²) >= 11 is 6.04. The number of H-pyrrole nitrogens is 2. The highest BCUT2D eigenvalue weighted by Gasteiger charge is 2.35. The number of aromatic hydroxyl groups is 1. The van der Waals surface area contributed by atoms with E-state index in [2.05, 4.69) is 15.1 Å². The third-order valence-electron chi connectivity index (χ3n) is 5.65. The van der Waals surface area contributed by atoms with Crippen molar-refractivity contribution < 1.29 is 9.90 Å². The molecule has 2 aromatic carbocycles. The number of fused-ring (bicyclic) bond motifs is 1. The fourth-order valence-corrected chi connectivity index (χ4v) is 4.39. The molecule has 0 saturated carbocycles. The summed E-state index contributed by atoms with van der Waals surface area (Å²) in [7, 11) is 0. The first kappa shape index (κ1) is 20.8. The summed E-state index contributed by atoms with van der Waals surface area (Å²) in [6.45, 7) is 1.38. The molecule has 3 heterocycles. The van der Waals surface area contributed by atoms with Gasteiger partial charge in [0.1, 0.15) is 5.56 Å². The zero-order valence-electron chi connectivity index (χ0n) is 17.4. The summed E-state index contributed by atoms with van der Waals surface area (Å²) < 4.78 is 0.947. The number of aromatic amines is 2. The molecule has 1 aliphatic rings. The van der Waals surface area contributed by atoms with Crippen LogP contribution in [0.15, 0.2) is 69.4 Å². The lowest BCUT2D eigenvalue weighted by Crippen LogP contribution is -2.33. The molecule has 1 aliphatic heterocycles. The highest BCUT2D eigenvalue weighted by molar-refractivity contribution is 6.30. The van der Waals surface area contributed by atoms with Crippen molar-refractivity contribution in [3.05, 3.63) is 91.7 Å². The van der Waals surface area contributed by atoms with Gasteiger partial charge in [-0.25, -0.2) is 14.4 Å². The Morgan fingerprint density at radius 2 is 1.97 bits per heavy atom. The predicted octanol–water partition coefficient (Wildman–Crippen LogP) is 3.06. The van der Waals surface area contributed by atoms with Crippen molar-refractivity contribution in [2.75, 3.05) is 0 Å². The second-order valence-electron chi connectivity index (χ2n) is 7.69. The Bertz CT molecular complexity index is 1570. The topological polar surface area (TPSA) is 124 Å². The van der Waals surface area contributed by atoms with Crippen molar-refractivity contribution in [3.63, 3.8) is 0 Å². The number of halogens is 1. The number of hydrazone groups is 1. The van der Waals surface area contributed by atoms with Gasteiger partial charge in [0.15, 0.2) is 0 Å². The molecule has 0 radical (unpaired) electrons. The summed E-state index contributed by atoms with van der Waals surface area (Å²) in [5, 5.41) is 17.9. The van der Waals surface area contributed by atoms with Crippen molar-refractivity contribution in [2.24, 2.45) is 5.10 Å². The number of aromatic nitrogens is 3. The quantitative estimate of drug-likeness (QED) is 0.432. The van der Waals surface area contributed by atoms with E-state index in [1.165, 1.54) is 18.0 Å². The lowest BCUT2D eigenvalue weighted by molar-refractivity contribution is -0.130. The summed E-state index contributed by atoms with van der Waals surface area (Å²) in [6.07, 6.45) is 1.98. The van der Waals surface area contributed by atoms with Gasteiger partial charge in [-0.2, -0.15) is 5.10 Å². The second kappa shape index (κ2) is 7.79. The molecule has 1 atom stereocenters. The third-order valence-corrected chi connectivity index (χ3v) is 5.89. The van der Waals surface area contributed by atoms with Crippen LogP contribution in [-0.4, -0.2) is 36.3 Å². The zero-order valence-corrected chi connectivity index (χ0v) is 18.1. The minimum Gasteiger partial charge on any atom is -0.493 e. The summed E-state index contributed by atoms with van der Waals surface area (Å²) in [4.78, 5) is 43.1. The molecule has 1 amide bonds. The van der Waals surface area contributed by atoms with Gasteiger partial charge >= 0.3 is 5.69 Å². The third kappa shape index (κ3) is 3.42. The number of rotatable bonds is 3. The molecule has 0 aliphatic carbocycles. The van der Waals surface area contributed by atoms with Gasteiger partial charge in [0, 0.05) is 41.0 Å². The molecule has 33 heavy (non-hydrogen) atoms. The van der Waals surface area contributed by atoms with Gasteiger partial charge in [0.05, 0.1) is 17.4 Å². The van der Waals surface area contributed by atoms with E-state index in [0.717, 1.165) is 21.0 Å². The minimum absolute atomic E-state index is 0.172. The average molecular weight is 464 g/mol. The van der Waals surface area contributed by atoms with Crippen LogP contribution in [0.1, 0.15) is 30.5 Å². The van der Waals surface area contributed by atoms with Crippen LogP contribution in [-0.2, 0) is 4.79 Å². The maximum Gasteiger partial charge on any atom is 0.335 e. The molecule has 0 spiro atoms. The molecular formula is C23H18ClN5O4. The fraction of sp³-hybridized carbons (Fsp3) is 0.130. The van der Waals surface area contributed by atoms with Crippen molar-refractivity contribution in [1.29, 1.82) is 0 Å². The monoisotopic (exact) mass is 463 g/mol. The van der Waals surface area contributed by atoms with Crippen LogP contribution in [0.5, 0.6) is 5.88 Å². The number of hydrogen-bond donors (Lipinski definition) is 3. The van der Waals surface area contributed by atoms with Crippen LogP contribution >= 0.6 is 11.6 Å². The molecule has 3 N–H and O–H groups in total. The number of hydrogen-bond acceptors (Lipinski definition) is 5. The van der Waals surface area contributed by atoms with Gasteiger partial charge in [-0.3, -0.25) is 14.6 Å². The number of benzene rings is 2. The molecule has 0 unspecified atom stereocenters. The molecule has 4 aromatic rings. The SMILES string of the molecule is CC(=O)N1N=C(c2c(O)n(-c3cccc(Cl)c3)c(=O)[nH]c2=O)C[C@H]1c1c[nH]c2ccccc12. The van der Waals surface area contributed by atoms with Crippen LogP contribution in [0.25, 0.3) is 16.6 Å². The molecule has 166 valence electrons. The summed E-state index contributed by atoms with van der Waals surface area (Å²) in [6, 6.07) is 13.5. The van der Waals surface area contributed by atoms with Crippen molar-refractivity contribution >= 4 is 34.1 Å². The van der Waals surface area contributed by atoms with Gasteiger partial charge in [-0.05, 0) is 24.3 Å². The van der Waals surface area contributed by atoms with Crippen LogP contribution in [0.4, 0.5) is 0 Å². The highest BCUT2D eigenvalue weighted by Crippen LogP contribution is 2.37. The second-order valence-corrected chi connectivity index (χ2v) is 8.13. The van der Waals surface area contributed by atoms with Crippen LogP contribution < -0.4 is 11.2 Å². The summed E-state index contributed by atoms with van der Waals surface area (Å²) in [5.74, 6) is -0.896. The Balaban J connectivity index is 1.65. The van der Waals surface area contributed by atoms with E-state index in [1.54, 1.807) is 24.4 Å². The lowest BCUT2D eigenvalue weighted by Gasteiger charge is -2.19. The number of carbonyl (C=O) groups is 1. The number of carbonyl (C=O) groups excluding carboxylic acids is 1. The van der Waals surface area contributed by atoms with E-state index in [4.69, 9.17) is 11.6 Å². The van der Waals surface area contributed by atoms with E-state index in [-0.39, 0.29) is 29.3 Å². The zero-order chi connectivity index (χ0) is 23.3. The summed E-state index contributed by atoms with van der Waals surface area (Å²) in [5.41, 5.74) is 0.408. The van der Waals surface area contributed by atoms with Gasteiger partial charge in [0.25, 0.3) is 5.56 Å². The minimum atomic E-state index is -0.821. The van der Waals surface area contributed by atoms with E-state index < -0.39 is 23.2 Å². The molecule has 0 saturated heterocycles. The molecule has 0 bridgehead atoms. The van der Waals surface area contributed by atoms with E-state index in [0.29, 0.717) is 5.02 Å². The Hall–Kier alpha value is -4.11. The average Bonchev–Trinajstić information content (AvgIpc) is 3.38. The van der Waals surface area contributed by atoms with Crippen LogP contribution in [0.2, 0.25) is 5.02 Å². The first-order valence-electron chi connectivity index (χ1n) is 10.1. The molecule has 0 fully saturated rings. The standard InChI is InChI=1S/C23H18ClN5O4/c1-12(30)29-19(16-11-25-17-8-3-2-7-15(16)17)10-18(27-29)20-21(31)26-23(33)28(22(20)32)14-6-4-5-13(24)9-14/h2-9,11,19,25,32H,10H2,1H3,(H,26,31,33)/t19-/m0/s1. The van der Waals surface area contributed by atoms with Crippen molar-refractivity contribution in [3.8, 4) is 11.6 Å². The fourth-order valence-electron chi connectivity index (χ4n) is 4.20. The predicted molar refractivity (Wildman–Crippen MR) is 124 cm³/mol. The number of nitrogens with zero attached hydrogens (tertiary/aromatic N) is 3. The maximum absolute atomic E-state index is 12.7. The van der Waals surface area contributed by atoms with Crippen LogP contribution in [0.3, 0.4) is 0 Å². The van der Waals surface area contributed by atoms with Gasteiger partial charge in [-0.1, -0.05) is 35.9 Å². The number of nitrogens with one attached hydrogen (secondary N) is 2. The Morgan fingerprint density at radius 3 is 2.73 bits per heavy atom. The van der Waals surface area contributed by atoms with Crippen molar-refractivity contribution in [2.45, 2.75) is 19.4 Å². The molecule has 5 rings (SSSR count). The Morgan fingerprint density at radius 1 is 1.18 bits per heavy atom. The smallest absolute Gasteiger partial charge is 0.335 e. The van der Waals surface area contributed by atoms with Crippen LogP contribution in [0, 0.1) is 0 Å². The Labute approximate surface area is 191 Å². The molecule has 10 heteroatoms. The first-order chi connectivity index (χ1) is 15.8. The Kier molecular flexibility index (Phi) is 4.90. The number of para-hydroxylation sites is 1. The number of amides is 1. The van der Waals surface area contributed by atoms with E-state index >= 15 is 0 Å². The molecule has 2 aromatic heterocycles. The largest absolute Gasteiger partial charge is 0.493 e.